The molecule has 4 heteroatoms. The summed E-state index contributed by atoms with van der Waals surface area (Å²) in [5.41, 5.74) is 0. The maximum Gasteiger partial charge on any atom is 0.409 e. The Balaban J connectivity index is 3.53. The average molecular weight is 228 g/mol. The molecule has 0 heterocycles. The SMILES string of the molecule is C=CCCCOC(=O)N(C)CCCN(C)C. The van der Waals surface area contributed by atoms with E-state index < -0.39 is 0 Å². The Morgan fingerprint density at radius 3 is 2.50 bits per heavy atom. The van der Waals surface area contributed by atoms with Crippen LogP contribution < -0.4 is 0 Å². The van der Waals surface area contributed by atoms with E-state index in [4.69, 9.17) is 4.74 Å². The summed E-state index contributed by atoms with van der Waals surface area (Å²) < 4.78 is 5.09. The van der Waals surface area contributed by atoms with Crippen LogP contribution in [-0.2, 0) is 4.74 Å². The van der Waals surface area contributed by atoms with Gasteiger partial charge in [0, 0.05) is 13.6 Å². The van der Waals surface area contributed by atoms with Crippen LogP contribution in [0.2, 0.25) is 0 Å². The molecule has 0 radical (unpaired) electrons. The molecular formula is C12H24N2O2. The van der Waals surface area contributed by atoms with Gasteiger partial charge in [-0.2, -0.15) is 0 Å². The highest BCUT2D eigenvalue weighted by atomic mass is 16.6. The summed E-state index contributed by atoms with van der Waals surface area (Å²) in [6.07, 6.45) is 4.29. The number of amides is 1. The summed E-state index contributed by atoms with van der Waals surface area (Å²) in [6, 6.07) is 0. The molecule has 94 valence electrons. The number of hydrogen-bond acceptors (Lipinski definition) is 3. The number of allylic oxidation sites excluding steroid dienone is 1. The second-order valence-electron chi connectivity index (χ2n) is 4.12. The van der Waals surface area contributed by atoms with E-state index >= 15 is 0 Å². The highest BCUT2D eigenvalue weighted by molar-refractivity contribution is 5.67. The van der Waals surface area contributed by atoms with Crippen molar-refractivity contribution in [2.24, 2.45) is 0 Å². The van der Waals surface area contributed by atoms with Crippen LogP contribution in [0, 0.1) is 0 Å². The van der Waals surface area contributed by atoms with Gasteiger partial charge in [0.1, 0.15) is 0 Å². The molecule has 0 saturated heterocycles. The number of rotatable bonds is 8. The minimum absolute atomic E-state index is 0.234. The summed E-state index contributed by atoms with van der Waals surface area (Å²) in [7, 11) is 5.81. The quantitative estimate of drug-likeness (QED) is 0.470. The molecule has 0 saturated carbocycles. The van der Waals surface area contributed by atoms with Crippen molar-refractivity contribution in [3.63, 3.8) is 0 Å². The van der Waals surface area contributed by atoms with Crippen molar-refractivity contribution in [3.05, 3.63) is 12.7 Å². The topological polar surface area (TPSA) is 32.8 Å². The van der Waals surface area contributed by atoms with Crippen molar-refractivity contribution in [1.29, 1.82) is 0 Å². The predicted molar refractivity (Wildman–Crippen MR) is 66.6 cm³/mol. The molecule has 0 aromatic heterocycles. The van der Waals surface area contributed by atoms with Crippen molar-refractivity contribution in [3.8, 4) is 0 Å². The van der Waals surface area contributed by atoms with Gasteiger partial charge in [0.15, 0.2) is 0 Å². The van der Waals surface area contributed by atoms with E-state index in [2.05, 4.69) is 11.5 Å². The summed E-state index contributed by atoms with van der Waals surface area (Å²) in [5, 5.41) is 0. The van der Waals surface area contributed by atoms with Gasteiger partial charge >= 0.3 is 6.09 Å². The standard InChI is InChI=1S/C12H24N2O2/c1-5-6-7-11-16-12(15)14(4)10-8-9-13(2)3/h5H,1,6-11H2,2-4H3. The summed E-state index contributed by atoms with van der Waals surface area (Å²) >= 11 is 0. The largest absolute Gasteiger partial charge is 0.449 e. The molecule has 0 bridgehead atoms. The number of nitrogens with zero attached hydrogens (tertiary/aromatic N) is 2. The maximum atomic E-state index is 11.4. The van der Waals surface area contributed by atoms with E-state index in [0.29, 0.717) is 6.61 Å². The lowest BCUT2D eigenvalue weighted by molar-refractivity contribution is 0.109. The van der Waals surface area contributed by atoms with E-state index in [1.54, 1.807) is 11.9 Å². The molecule has 0 aromatic rings. The van der Waals surface area contributed by atoms with Gasteiger partial charge < -0.3 is 14.5 Å². The molecule has 0 aliphatic carbocycles. The van der Waals surface area contributed by atoms with Crippen LogP contribution in [0.3, 0.4) is 0 Å². The Morgan fingerprint density at radius 2 is 1.94 bits per heavy atom. The fourth-order valence-corrected chi connectivity index (χ4v) is 1.21. The minimum atomic E-state index is -0.234. The monoisotopic (exact) mass is 228 g/mol. The lowest BCUT2D eigenvalue weighted by Gasteiger charge is -2.18. The van der Waals surface area contributed by atoms with E-state index in [9.17, 15) is 4.79 Å². The van der Waals surface area contributed by atoms with Gasteiger partial charge in [0.05, 0.1) is 6.61 Å². The van der Waals surface area contributed by atoms with Crippen LogP contribution in [0.1, 0.15) is 19.3 Å². The molecule has 0 aromatic carbocycles. The van der Waals surface area contributed by atoms with E-state index in [1.165, 1.54) is 0 Å². The van der Waals surface area contributed by atoms with Crippen molar-refractivity contribution in [1.82, 2.24) is 9.80 Å². The molecule has 0 atom stereocenters. The first-order valence-electron chi connectivity index (χ1n) is 5.71. The van der Waals surface area contributed by atoms with Crippen LogP contribution in [0.25, 0.3) is 0 Å². The van der Waals surface area contributed by atoms with Crippen LogP contribution in [0.15, 0.2) is 12.7 Å². The molecule has 0 fully saturated rings. The van der Waals surface area contributed by atoms with E-state index in [0.717, 1.165) is 32.4 Å². The zero-order valence-corrected chi connectivity index (χ0v) is 10.7. The number of unbranched alkanes of at least 4 members (excludes halogenated alkanes) is 1. The molecule has 0 aliphatic rings. The van der Waals surface area contributed by atoms with Crippen LogP contribution in [0.4, 0.5) is 4.79 Å². The highest BCUT2D eigenvalue weighted by Crippen LogP contribution is 1.96. The zero-order valence-electron chi connectivity index (χ0n) is 10.7. The van der Waals surface area contributed by atoms with Gasteiger partial charge in [0.2, 0.25) is 0 Å². The van der Waals surface area contributed by atoms with Crippen LogP contribution in [0.5, 0.6) is 0 Å². The molecule has 1 amide bonds. The summed E-state index contributed by atoms with van der Waals surface area (Å²) in [4.78, 5) is 15.2. The normalized spacial score (nSPS) is 10.2. The summed E-state index contributed by atoms with van der Waals surface area (Å²) in [5.74, 6) is 0. The van der Waals surface area contributed by atoms with Crippen molar-refractivity contribution in [2.45, 2.75) is 19.3 Å². The summed E-state index contributed by atoms with van der Waals surface area (Å²) in [6.45, 7) is 5.80. The highest BCUT2D eigenvalue weighted by Gasteiger charge is 2.08. The van der Waals surface area contributed by atoms with Gasteiger partial charge in [-0.05, 0) is 39.9 Å². The molecule has 0 aliphatic heterocycles. The first-order valence-corrected chi connectivity index (χ1v) is 5.71. The van der Waals surface area contributed by atoms with Gasteiger partial charge in [-0.1, -0.05) is 6.08 Å². The number of carbonyl (C=O) groups is 1. The van der Waals surface area contributed by atoms with Gasteiger partial charge in [-0.15, -0.1) is 6.58 Å². The van der Waals surface area contributed by atoms with Crippen molar-refractivity contribution in [2.75, 3.05) is 40.8 Å². The lowest BCUT2D eigenvalue weighted by Crippen LogP contribution is -2.30. The molecular weight excluding hydrogens is 204 g/mol. The third-order valence-corrected chi connectivity index (χ3v) is 2.19. The Labute approximate surface area is 98.9 Å². The Hall–Kier alpha value is -1.03. The average Bonchev–Trinajstić information content (AvgIpc) is 2.23. The number of hydrogen-bond donors (Lipinski definition) is 0. The fraction of sp³-hybridized carbons (Fsp3) is 0.750. The molecule has 4 nitrogen and oxygen atoms in total. The van der Waals surface area contributed by atoms with Gasteiger partial charge in [-0.25, -0.2) is 4.79 Å². The molecule has 0 unspecified atom stereocenters. The second-order valence-corrected chi connectivity index (χ2v) is 4.12. The maximum absolute atomic E-state index is 11.4. The Morgan fingerprint density at radius 1 is 1.25 bits per heavy atom. The Kier molecular flexibility index (Phi) is 8.62. The van der Waals surface area contributed by atoms with Crippen LogP contribution in [-0.4, -0.2) is 56.7 Å². The third kappa shape index (κ3) is 8.29. The van der Waals surface area contributed by atoms with E-state index in [-0.39, 0.29) is 6.09 Å². The zero-order chi connectivity index (χ0) is 12.4. The first kappa shape index (κ1) is 15.0. The Bertz CT molecular complexity index is 205. The predicted octanol–water partition coefficient (Wildman–Crippen LogP) is 1.97. The fourth-order valence-electron chi connectivity index (χ4n) is 1.21. The first-order chi connectivity index (χ1) is 7.57. The second kappa shape index (κ2) is 9.21. The molecule has 0 spiro atoms. The number of carbonyl (C=O) groups excluding carboxylic acids is 1. The lowest BCUT2D eigenvalue weighted by atomic mass is 10.3. The molecule has 0 N–H and O–H groups in total. The third-order valence-electron chi connectivity index (χ3n) is 2.19. The van der Waals surface area contributed by atoms with Crippen molar-refractivity contribution < 1.29 is 9.53 Å². The molecule has 0 rings (SSSR count). The van der Waals surface area contributed by atoms with Crippen molar-refractivity contribution >= 4 is 6.09 Å². The molecule has 16 heavy (non-hydrogen) atoms. The van der Waals surface area contributed by atoms with E-state index in [1.807, 2.05) is 20.2 Å². The van der Waals surface area contributed by atoms with Gasteiger partial charge in [-0.3, -0.25) is 0 Å². The van der Waals surface area contributed by atoms with Crippen LogP contribution >= 0.6 is 0 Å². The number of ether oxygens (including phenoxy) is 1. The van der Waals surface area contributed by atoms with Gasteiger partial charge in [0.25, 0.3) is 0 Å². The minimum Gasteiger partial charge on any atom is -0.449 e. The smallest absolute Gasteiger partial charge is 0.409 e.